The van der Waals surface area contributed by atoms with Gasteiger partial charge < -0.3 is 24.8 Å². The molecule has 2 aromatic rings. The van der Waals surface area contributed by atoms with Gasteiger partial charge in [0, 0.05) is 0 Å². The second-order valence-electron chi connectivity index (χ2n) is 3.39. The van der Waals surface area contributed by atoms with Gasteiger partial charge in [0.2, 0.25) is 0 Å². The maximum atomic E-state index is 5.98. The number of halogens is 6. The van der Waals surface area contributed by atoms with E-state index >= 15 is 0 Å². The third-order valence-electron chi connectivity index (χ3n) is 2.13. The molecule has 0 aliphatic heterocycles. The molecule has 0 unspecified atom stereocenters. The quantitative estimate of drug-likeness (QED) is 0.591. The predicted molar refractivity (Wildman–Crippen MR) is 74.2 cm³/mol. The first kappa shape index (κ1) is 21.7. The topological polar surface area (TPSA) is 18.5 Å². The van der Waals surface area contributed by atoms with Crippen LogP contribution in [0.3, 0.4) is 0 Å². The SMILES string of the molecule is Clc1cccc(Cl)c1[O][Zr+2][O]c1c(Cl)cccc1Cl.[Cl-].[Cl-]. The van der Waals surface area contributed by atoms with Gasteiger partial charge in [-0.25, -0.2) is 0 Å². The second-order valence-corrected chi connectivity index (χ2v) is 6.43. The van der Waals surface area contributed by atoms with Crippen LogP contribution in [0.2, 0.25) is 20.1 Å². The first-order valence-electron chi connectivity index (χ1n) is 5.06. The molecule has 0 saturated carbocycles. The normalized spacial score (nSPS) is 8.95. The van der Waals surface area contributed by atoms with Crippen LogP contribution in [-0.2, 0) is 24.1 Å². The molecule has 0 aliphatic rings. The summed E-state index contributed by atoms with van der Waals surface area (Å²) in [5.41, 5.74) is 0. The molecule has 0 bridgehead atoms. The largest absolute Gasteiger partial charge is 1.00 e. The van der Waals surface area contributed by atoms with Crippen molar-refractivity contribution in [3.05, 3.63) is 56.5 Å². The summed E-state index contributed by atoms with van der Waals surface area (Å²) < 4.78 is 11.1. The van der Waals surface area contributed by atoms with Crippen molar-refractivity contribution >= 4 is 46.4 Å². The molecule has 112 valence electrons. The van der Waals surface area contributed by atoms with Crippen LogP contribution in [0.5, 0.6) is 11.5 Å². The van der Waals surface area contributed by atoms with Crippen molar-refractivity contribution in [3.8, 4) is 11.5 Å². The van der Waals surface area contributed by atoms with E-state index in [1.54, 1.807) is 36.4 Å². The van der Waals surface area contributed by atoms with Crippen LogP contribution in [0.25, 0.3) is 0 Å². The monoisotopic (exact) mass is 482 g/mol. The van der Waals surface area contributed by atoms with E-state index in [1.165, 1.54) is 0 Å². The summed E-state index contributed by atoms with van der Waals surface area (Å²) in [4.78, 5) is 0. The Morgan fingerprint density at radius 2 is 0.905 bits per heavy atom. The Labute approximate surface area is 167 Å². The van der Waals surface area contributed by atoms with Gasteiger partial charge in [-0.05, 0) is 0 Å². The number of rotatable bonds is 4. The minimum absolute atomic E-state index is 0. The zero-order chi connectivity index (χ0) is 13.8. The Morgan fingerprint density at radius 3 is 1.19 bits per heavy atom. The predicted octanol–water partition coefficient (Wildman–Crippen LogP) is -0.321. The van der Waals surface area contributed by atoms with Gasteiger partial charge in [-0.15, -0.1) is 0 Å². The van der Waals surface area contributed by atoms with Gasteiger partial charge in [0.1, 0.15) is 0 Å². The first-order valence-corrected chi connectivity index (χ1v) is 8.58. The average molecular weight is 486 g/mol. The molecule has 0 radical (unpaired) electrons. The van der Waals surface area contributed by atoms with Gasteiger partial charge in [-0.3, -0.25) is 0 Å². The molecule has 9 heteroatoms. The third-order valence-corrected chi connectivity index (χ3v) is 4.73. The van der Waals surface area contributed by atoms with E-state index in [4.69, 9.17) is 52.0 Å². The Balaban J connectivity index is 0.00000200. The Bertz CT molecular complexity index is 504. The molecule has 0 aromatic heterocycles. The van der Waals surface area contributed by atoms with Gasteiger partial charge in [-0.1, -0.05) is 0 Å². The van der Waals surface area contributed by atoms with E-state index in [-0.39, 0.29) is 24.8 Å². The van der Waals surface area contributed by atoms with Crippen LogP contribution in [0.15, 0.2) is 36.4 Å². The van der Waals surface area contributed by atoms with E-state index in [9.17, 15) is 0 Å². The molecule has 0 fully saturated rings. The summed E-state index contributed by atoms with van der Waals surface area (Å²) in [6.07, 6.45) is 0. The van der Waals surface area contributed by atoms with Crippen LogP contribution >= 0.6 is 46.4 Å². The molecule has 2 aromatic carbocycles. The zero-order valence-electron chi connectivity index (χ0n) is 10.0. The fraction of sp³-hybridized carbons (Fsp3) is 0. The minimum atomic E-state index is -1.70. The molecule has 21 heavy (non-hydrogen) atoms. The summed E-state index contributed by atoms with van der Waals surface area (Å²) in [5, 5.41) is 1.79. The molecule has 0 N–H and O–H groups in total. The number of hydrogen-bond acceptors (Lipinski definition) is 2. The Morgan fingerprint density at radius 1 is 0.619 bits per heavy atom. The van der Waals surface area contributed by atoms with Gasteiger partial charge >= 0.3 is 144 Å². The molecule has 2 nitrogen and oxygen atoms in total. The van der Waals surface area contributed by atoms with Crippen molar-refractivity contribution in [2.45, 2.75) is 0 Å². The van der Waals surface area contributed by atoms with Crippen LogP contribution < -0.4 is 30.4 Å². The van der Waals surface area contributed by atoms with E-state index in [0.29, 0.717) is 31.6 Å². The molecular formula is C12H6Cl6O2Zr. The first-order chi connectivity index (χ1) is 9.09. The second kappa shape index (κ2) is 10.4. The maximum Gasteiger partial charge on any atom is -1.00 e. The van der Waals surface area contributed by atoms with Crippen molar-refractivity contribution < 1.29 is 54.6 Å². The average Bonchev–Trinajstić information content (AvgIpc) is 2.36. The zero-order valence-corrected chi connectivity index (χ0v) is 17.0. The Hall–Kier alpha value is 0.663. The van der Waals surface area contributed by atoms with Crippen LogP contribution in [-0.4, -0.2) is 0 Å². The van der Waals surface area contributed by atoms with Crippen molar-refractivity contribution in [2.24, 2.45) is 0 Å². The van der Waals surface area contributed by atoms with Crippen LogP contribution in [0.4, 0.5) is 0 Å². The number of benzene rings is 2. The van der Waals surface area contributed by atoms with E-state index in [0.717, 1.165) is 0 Å². The van der Waals surface area contributed by atoms with E-state index in [1.807, 2.05) is 0 Å². The Kier molecular flexibility index (Phi) is 10.8. The summed E-state index contributed by atoms with van der Waals surface area (Å²) in [7, 11) is 0. The molecule has 2 rings (SSSR count). The minimum Gasteiger partial charge on any atom is -1.00 e. The van der Waals surface area contributed by atoms with E-state index in [2.05, 4.69) is 0 Å². The van der Waals surface area contributed by atoms with Crippen molar-refractivity contribution in [1.29, 1.82) is 0 Å². The smallest absolute Gasteiger partial charge is 1.00 e. The van der Waals surface area contributed by atoms with Gasteiger partial charge in [0.25, 0.3) is 0 Å². The standard InChI is InChI=1S/2C6H4Cl2O.2ClH.Zr/c2*7-4-2-1-3-5(8)6(4)9;;;/h2*1-3,9H;2*1H;/q;;;;+4/p-4. The number of hydrogen-bond donors (Lipinski definition) is 0. The summed E-state index contributed by atoms with van der Waals surface area (Å²) in [5.74, 6) is 0.862. The van der Waals surface area contributed by atoms with Crippen LogP contribution in [0, 0.1) is 0 Å². The fourth-order valence-electron chi connectivity index (χ4n) is 1.26. The van der Waals surface area contributed by atoms with Crippen molar-refractivity contribution in [2.75, 3.05) is 0 Å². The third kappa shape index (κ3) is 5.99. The molecule has 0 atom stereocenters. The van der Waals surface area contributed by atoms with Crippen molar-refractivity contribution in [1.82, 2.24) is 0 Å². The number of para-hydroxylation sites is 2. The van der Waals surface area contributed by atoms with Crippen LogP contribution in [0.1, 0.15) is 0 Å². The summed E-state index contributed by atoms with van der Waals surface area (Å²) in [6, 6.07) is 10.3. The molecule has 0 saturated heterocycles. The molecule has 0 aliphatic carbocycles. The van der Waals surface area contributed by atoms with Gasteiger partial charge in [0.05, 0.1) is 0 Å². The fourth-order valence-corrected chi connectivity index (χ4v) is 4.44. The molecular weight excluding hydrogens is 480 g/mol. The van der Waals surface area contributed by atoms with Gasteiger partial charge in [-0.2, -0.15) is 0 Å². The summed E-state index contributed by atoms with van der Waals surface area (Å²) in [6.45, 7) is 0. The maximum absolute atomic E-state index is 5.98. The van der Waals surface area contributed by atoms with E-state index < -0.39 is 24.1 Å². The van der Waals surface area contributed by atoms with Crippen molar-refractivity contribution in [3.63, 3.8) is 0 Å². The summed E-state index contributed by atoms with van der Waals surface area (Å²) >= 11 is 22.2. The molecule has 0 amide bonds. The molecule has 0 heterocycles. The van der Waals surface area contributed by atoms with Gasteiger partial charge in [0.15, 0.2) is 0 Å². The molecule has 0 spiro atoms.